The van der Waals surface area contributed by atoms with Gasteiger partial charge in [0.15, 0.2) is 0 Å². The Bertz CT molecular complexity index is 545. The number of hydrogen-bond acceptors (Lipinski definition) is 3. The summed E-state index contributed by atoms with van der Waals surface area (Å²) in [5, 5.41) is 3.80. The van der Waals surface area contributed by atoms with Crippen molar-refractivity contribution in [3.8, 4) is 0 Å². The van der Waals surface area contributed by atoms with Gasteiger partial charge >= 0.3 is 0 Å². The first-order valence-electron chi connectivity index (χ1n) is 6.88. The number of amides is 2. The van der Waals surface area contributed by atoms with Crippen molar-refractivity contribution < 1.29 is 9.59 Å². The highest BCUT2D eigenvalue weighted by Crippen LogP contribution is 2.36. The zero-order valence-corrected chi connectivity index (χ0v) is 11.2. The fourth-order valence-electron chi connectivity index (χ4n) is 2.87. The maximum absolute atomic E-state index is 12.4. The second kappa shape index (κ2) is 5.07. The van der Waals surface area contributed by atoms with E-state index in [-0.39, 0.29) is 17.2 Å². The maximum atomic E-state index is 12.4. The van der Waals surface area contributed by atoms with Crippen LogP contribution in [0.15, 0.2) is 35.4 Å². The lowest BCUT2D eigenvalue weighted by Crippen LogP contribution is -2.51. The van der Waals surface area contributed by atoms with E-state index in [1.807, 2.05) is 35.2 Å². The molecule has 1 saturated heterocycles. The molecule has 0 saturated carbocycles. The van der Waals surface area contributed by atoms with Crippen molar-refractivity contribution in [1.82, 2.24) is 10.3 Å². The van der Waals surface area contributed by atoms with Gasteiger partial charge in [-0.3, -0.25) is 9.59 Å². The summed E-state index contributed by atoms with van der Waals surface area (Å²) in [4.78, 5) is 26.2. The number of carbonyl (C=O) groups excluding carboxylic acids is 2. The summed E-state index contributed by atoms with van der Waals surface area (Å²) >= 11 is 0. The second-order valence-electron chi connectivity index (χ2n) is 5.40. The number of rotatable bonds is 1. The lowest BCUT2D eigenvalue weighted by atomic mass is 9.74. The van der Waals surface area contributed by atoms with Crippen molar-refractivity contribution in [1.29, 1.82) is 0 Å². The number of hydrazone groups is 1. The molecule has 0 unspecified atom stereocenters. The van der Waals surface area contributed by atoms with Crippen molar-refractivity contribution in [2.45, 2.75) is 19.3 Å². The Hall–Kier alpha value is -2.17. The van der Waals surface area contributed by atoms with Crippen LogP contribution >= 0.6 is 0 Å². The lowest BCUT2D eigenvalue weighted by molar-refractivity contribution is -0.133. The zero-order valence-electron chi connectivity index (χ0n) is 11.2. The van der Waals surface area contributed by atoms with E-state index in [1.165, 1.54) is 0 Å². The summed E-state index contributed by atoms with van der Waals surface area (Å²) in [6.45, 7) is 1.24. The number of likely N-dealkylation sites (tertiary alicyclic amines) is 1. The Morgan fingerprint density at radius 1 is 1.20 bits per heavy atom. The average molecular weight is 271 g/mol. The van der Waals surface area contributed by atoms with Gasteiger partial charge in [0, 0.05) is 24.9 Å². The van der Waals surface area contributed by atoms with Crippen molar-refractivity contribution in [2.75, 3.05) is 13.1 Å². The number of hydrogen-bond donors (Lipinski definition) is 1. The van der Waals surface area contributed by atoms with Crippen LogP contribution in [0.4, 0.5) is 0 Å². The van der Waals surface area contributed by atoms with E-state index in [1.54, 1.807) is 6.21 Å². The van der Waals surface area contributed by atoms with E-state index in [4.69, 9.17) is 0 Å². The Kier molecular flexibility index (Phi) is 3.26. The quantitative estimate of drug-likeness (QED) is 0.839. The number of nitrogens with zero attached hydrogens (tertiary/aromatic N) is 2. The van der Waals surface area contributed by atoms with Crippen LogP contribution in [0.1, 0.15) is 29.6 Å². The minimum atomic E-state index is -0.366. The summed E-state index contributed by atoms with van der Waals surface area (Å²) in [5.41, 5.74) is 2.89. The topological polar surface area (TPSA) is 61.8 Å². The van der Waals surface area contributed by atoms with E-state index in [9.17, 15) is 9.59 Å². The predicted molar refractivity (Wildman–Crippen MR) is 75.3 cm³/mol. The molecular weight excluding hydrogens is 254 g/mol. The van der Waals surface area contributed by atoms with Crippen LogP contribution < -0.4 is 5.43 Å². The molecule has 0 aliphatic carbocycles. The molecule has 2 heterocycles. The van der Waals surface area contributed by atoms with Gasteiger partial charge in [-0.2, -0.15) is 5.10 Å². The number of benzene rings is 1. The van der Waals surface area contributed by atoms with Gasteiger partial charge in [-0.15, -0.1) is 0 Å². The fourth-order valence-corrected chi connectivity index (χ4v) is 2.87. The molecule has 2 aliphatic rings. The SMILES string of the molecule is O=C(c1ccccc1)N1CCC2(CC=NNC2=O)CC1. The van der Waals surface area contributed by atoms with Gasteiger partial charge in [-0.25, -0.2) is 5.43 Å². The van der Waals surface area contributed by atoms with Gasteiger partial charge in [0.2, 0.25) is 5.91 Å². The van der Waals surface area contributed by atoms with Gasteiger partial charge < -0.3 is 4.90 Å². The molecule has 0 bridgehead atoms. The molecule has 3 rings (SSSR count). The summed E-state index contributed by atoms with van der Waals surface area (Å²) in [5.74, 6) is 0.0390. The number of carbonyl (C=O) groups is 2. The monoisotopic (exact) mass is 271 g/mol. The Balaban J connectivity index is 1.68. The normalized spacial score (nSPS) is 20.8. The van der Waals surface area contributed by atoms with Crippen molar-refractivity contribution >= 4 is 18.0 Å². The van der Waals surface area contributed by atoms with Gasteiger partial charge in [-0.05, 0) is 31.4 Å². The van der Waals surface area contributed by atoms with Crippen LogP contribution in [-0.2, 0) is 4.79 Å². The molecule has 5 heteroatoms. The molecule has 0 aromatic heterocycles. The molecule has 0 radical (unpaired) electrons. The molecule has 0 atom stereocenters. The highest BCUT2D eigenvalue weighted by Gasteiger charge is 2.42. The third-order valence-corrected chi connectivity index (χ3v) is 4.25. The van der Waals surface area contributed by atoms with Crippen molar-refractivity contribution in [3.05, 3.63) is 35.9 Å². The van der Waals surface area contributed by atoms with Crippen LogP contribution in [0.5, 0.6) is 0 Å². The van der Waals surface area contributed by atoms with E-state index < -0.39 is 0 Å². The average Bonchev–Trinajstić information content (AvgIpc) is 2.51. The van der Waals surface area contributed by atoms with E-state index >= 15 is 0 Å². The summed E-state index contributed by atoms with van der Waals surface area (Å²) in [7, 11) is 0. The molecule has 20 heavy (non-hydrogen) atoms. The van der Waals surface area contributed by atoms with Crippen LogP contribution in [-0.4, -0.2) is 36.0 Å². The Morgan fingerprint density at radius 3 is 2.55 bits per heavy atom. The summed E-state index contributed by atoms with van der Waals surface area (Å²) in [6, 6.07) is 9.28. The largest absolute Gasteiger partial charge is 0.339 e. The van der Waals surface area contributed by atoms with Gasteiger partial charge in [-0.1, -0.05) is 18.2 Å². The summed E-state index contributed by atoms with van der Waals surface area (Å²) < 4.78 is 0. The molecule has 1 fully saturated rings. The van der Waals surface area contributed by atoms with E-state index in [0.29, 0.717) is 37.9 Å². The molecule has 2 aliphatic heterocycles. The molecule has 2 amide bonds. The molecular formula is C15H17N3O2. The highest BCUT2D eigenvalue weighted by molar-refractivity contribution is 5.94. The third-order valence-electron chi connectivity index (χ3n) is 4.25. The maximum Gasteiger partial charge on any atom is 0.253 e. The third kappa shape index (κ3) is 2.19. The van der Waals surface area contributed by atoms with E-state index in [2.05, 4.69) is 10.5 Å². The predicted octanol–water partition coefficient (Wildman–Crippen LogP) is 1.41. The van der Waals surface area contributed by atoms with Gasteiger partial charge in [0.05, 0.1) is 5.41 Å². The minimum absolute atomic E-state index is 0.00758. The lowest BCUT2D eigenvalue weighted by Gasteiger charge is -2.40. The molecule has 1 aromatic carbocycles. The molecule has 1 spiro atoms. The molecule has 104 valence electrons. The van der Waals surface area contributed by atoms with Crippen LogP contribution in [0.25, 0.3) is 0 Å². The van der Waals surface area contributed by atoms with Crippen LogP contribution in [0, 0.1) is 5.41 Å². The fraction of sp³-hybridized carbons (Fsp3) is 0.400. The van der Waals surface area contributed by atoms with Gasteiger partial charge in [0.1, 0.15) is 0 Å². The van der Waals surface area contributed by atoms with Gasteiger partial charge in [0.25, 0.3) is 5.91 Å². The minimum Gasteiger partial charge on any atom is -0.339 e. The number of piperidine rings is 1. The Morgan fingerprint density at radius 2 is 1.90 bits per heavy atom. The van der Waals surface area contributed by atoms with E-state index in [0.717, 1.165) is 0 Å². The highest BCUT2D eigenvalue weighted by atomic mass is 16.2. The van der Waals surface area contributed by atoms with Crippen molar-refractivity contribution in [3.63, 3.8) is 0 Å². The number of nitrogens with one attached hydrogen (secondary N) is 1. The van der Waals surface area contributed by atoms with Crippen LogP contribution in [0.3, 0.4) is 0 Å². The first-order chi connectivity index (χ1) is 9.71. The molecule has 5 nitrogen and oxygen atoms in total. The standard InChI is InChI=1S/C15H17N3O2/c19-13(12-4-2-1-3-5-12)18-10-7-15(8-11-18)6-9-16-17-14(15)20/h1-5,9H,6-8,10-11H2,(H,17,20). The second-order valence-corrected chi connectivity index (χ2v) is 5.40. The smallest absolute Gasteiger partial charge is 0.253 e. The van der Waals surface area contributed by atoms with Crippen LogP contribution in [0.2, 0.25) is 0 Å². The molecule has 1 aromatic rings. The first kappa shape index (κ1) is 12.8. The summed E-state index contributed by atoms with van der Waals surface area (Å²) in [6.07, 6.45) is 3.83. The first-order valence-corrected chi connectivity index (χ1v) is 6.88. The van der Waals surface area contributed by atoms with Crippen molar-refractivity contribution in [2.24, 2.45) is 10.5 Å². The molecule has 1 N–H and O–H groups in total. The zero-order chi connectivity index (χ0) is 14.0. The Labute approximate surface area is 117 Å².